The largest absolute Gasteiger partial charge is 0.337 e. The number of nitrogens with zero attached hydrogens (tertiary/aromatic N) is 3. The summed E-state index contributed by atoms with van der Waals surface area (Å²) >= 11 is 7.86. The SMILES string of the molecule is Cc1ncsc1CN1CCCN(C(=O)c2ccccc2Cl)CC1. The maximum Gasteiger partial charge on any atom is 0.255 e. The van der Waals surface area contributed by atoms with Crippen molar-refractivity contribution >= 4 is 28.8 Å². The number of hydrogen-bond donors (Lipinski definition) is 0. The molecule has 0 aliphatic carbocycles. The van der Waals surface area contributed by atoms with Gasteiger partial charge in [0, 0.05) is 37.6 Å². The second-order valence-electron chi connectivity index (χ2n) is 5.76. The van der Waals surface area contributed by atoms with Gasteiger partial charge in [-0.1, -0.05) is 23.7 Å². The number of aromatic nitrogens is 1. The Hall–Kier alpha value is -1.43. The normalized spacial score (nSPS) is 16.3. The van der Waals surface area contributed by atoms with Crippen molar-refractivity contribution in [3.8, 4) is 0 Å². The highest BCUT2D eigenvalue weighted by atomic mass is 35.5. The summed E-state index contributed by atoms with van der Waals surface area (Å²) in [6.07, 6.45) is 0.980. The molecule has 122 valence electrons. The first-order valence-corrected chi connectivity index (χ1v) is 9.06. The van der Waals surface area contributed by atoms with Gasteiger partial charge >= 0.3 is 0 Å². The van der Waals surface area contributed by atoms with Gasteiger partial charge in [-0.2, -0.15) is 0 Å². The van der Waals surface area contributed by atoms with Gasteiger partial charge in [-0.15, -0.1) is 11.3 Å². The quantitative estimate of drug-likeness (QED) is 0.851. The summed E-state index contributed by atoms with van der Waals surface area (Å²) in [5.74, 6) is 0.0337. The van der Waals surface area contributed by atoms with Crippen molar-refractivity contribution in [2.45, 2.75) is 19.9 Å². The highest BCUT2D eigenvalue weighted by molar-refractivity contribution is 7.09. The van der Waals surface area contributed by atoms with Crippen molar-refractivity contribution in [3.05, 3.63) is 50.9 Å². The van der Waals surface area contributed by atoms with Crippen LogP contribution < -0.4 is 0 Å². The number of hydrogen-bond acceptors (Lipinski definition) is 4. The van der Waals surface area contributed by atoms with Crippen LogP contribution in [0.3, 0.4) is 0 Å². The molecule has 1 amide bonds. The van der Waals surface area contributed by atoms with Gasteiger partial charge in [0.15, 0.2) is 0 Å². The first kappa shape index (κ1) is 16.4. The molecule has 1 aromatic carbocycles. The number of aryl methyl sites for hydroxylation is 1. The van der Waals surface area contributed by atoms with Crippen LogP contribution >= 0.6 is 22.9 Å². The molecular formula is C17H20ClN3OS. The Labute approximate surface area is 145 Å². The zero-order chi connectivity index (χ0) is 16.2. The Morgan fingerprint density at radius 1 is 1.26 bits per heavy atom. The molecule has 1 fully saturated rings. The van der Waals surface area contributed by atoms with Crippen LogP contribution in [0.15, 0.2) is 29.8 Å². The van der Waals surface area contributed by atoms with Crippen LogP contribution in [0.4, 0.5) is 0 Å². The second kappa shape index (κ2) is 7.43. The fourth-order valence-electron chi connectivity index (χ4n) is 2.82. The lowest BCUT2D eigenvalue weighted by Gasteiger charge is -2.22. The average molecular weight is 350 g/mol. The van der Waals surface area contributed by atoms with E-state index in [0.29, 0.717) is 10.6 Å². The number of benzene rings is 1. The molecule has 3 rings (SSSR count). The maximum absolute atomic E-state index is 12.7. The molecule has 4 nitrogen and oxygen atoms in total. The standard InChI is InChI=1S/C17H20ClN3OS/c1-13-16(23-12-19-13)11-20-7-4-8-21(10-9-20)17(22)14-5-2-3-6-15(14)18/h2-3,5-6,12H,4,7-11H2,1H3. The monoisotopic (exact) mass is 349 g/mol. The molecule has 0 atom stereocenters. The Morgan fingerprint density at radius 3 is 2.83 bits per heavy atom. The van der Waals surface area contributed by atoms with E-state index in [1.54, 1.807) is 23.5 Å². The van der Waals surface area contributed by atoms with Crippen molar-refractivity contribution in [1.82, 2.24) is 14.8 Å². The Balaban J connectivity index is 1.63. The molecule has 0 spiro atoms. The fourth-order valence-corrected chi connectivity index (χ4v) is 3.85. The van der Waals surface area contributed by atoms with Gasteiger partial charge in [0.25, 0.3) is 5.91 Å². The van der Waals surface area contributed by atoms with Gasteiger partial charge in [-0.05, 0) is 25.5 Å². The van der Waals surface area contributed by atoms with Crippen LogP contribution in [0.1, 0.15) is 27.3 Å². The smallest absolute Gasteiger partial charge is 0.255 e. The summed E-state index contributed by atoms with van der Waals surface area (Å²) in [6, 6.07) is 7.27. The molecule has 0 radical (unpaired) electrons. The zero-order valence-electron chi connectivity index (χ0n) is 13.2. The molecule has 0 unspecified atom stereocenters. The lowest BCUT2D eigenvalue weighted by Crippen LogP contribution is -2.35. The van der Waals surface area contributed by atoms with Gasteiger partial charge in [-0.25, -0.2) is 4.98 Å². The van der Waals surface area contributed by atoms with Crippen molar-refractivity contribution in [2.24, 2.45) is 0 Å². The van der Waals surface area contributed by atoms with Crippen molar-refractivity contribution in [3.63, 3.8) is 0 Å². The molecule has 1 aliphatic heterocycles. The minimum absolute atomic E-state index is 0.0337. The Bertz CT molecular complexity index is 688. The number of thiazole rings is 1. The summed E-state index contributed by atoms with van der Waals surface area (Å²) < 4.78 is 0. The zero-order valence-corrected chi connectivity index (χ0v) is 14.7. The lowest BCUT2D eigenvalue weighted by atomic mass is 10.2. The Kier molecular flexibility index (Phi) is 5.30. The summed E-state index contributed by atoms with van der Waals surface area (Å²) in [4.78, 5) is 22.6. The number of carbonyl (C=O) groups excluding carboxylic acids is 1. The van der Waals surface area contributed by atoms with Crippen LogP contribution in [0.5, 0.6) is 0 Å². The van der Waals surface area contributed by atoms with Crippen molar-refractivity contribution < 1.29 is 4.79 Å². The molecule has 1 saturated heterocycles. The van der Waals surface area contributed by atoms with Gasteiger partial charge in [0.05, 0.1) is 21.8 Å². The van der Waals surface area contributed by atoms with Gasteiger partial charge in [0.2, 0.25) is 0 Å². The number of rotatable bonds is 3. The molecule has 0 bridgehead atoms. The minimum Gasteiger partial charge on any atom is -0.337 e. The molecule has 23 heavy (non-hydrogen) atoms. The van der Waals surface area contributed by atoms with E-state index in [4.69, 9.17) is 11.6 Å². The van der Waals surface area contributed by atoms with Gasteiger partial charge in [0.1, 0.15) is 0 Å². The van der Waals surface area contributed by atoms with E-state index >= 15 is 0 Å². The number of halogens is 1. The third kappa shape index (κ3) is 3.91. The average Bonchev–Trinajstić information content (AvgIpc) is 2.81. The lowest BCUT2D eigenvalue weighted by molar-refractivity contribution is 0.0761. The topological polar surface area (TPSA) is 36.4 Å². The molecular weight excluding hydrogens is 330 g/mol. The number of carbonyl (C=O) groups is 1. The van der Waals surface area contributed by atoms with Crippen LogP contribution in [0, 0.1) is 6.92 Å². The van der Waals surface area contributed by atoms with E-state index < -0.39 is 0 Å². The van der Waals surface area contributed by atoms with Crippen LogP contribution in [0.25, 0.3) is 0 Å². The van der Waals surface area contributed by atoms with E-state index in [2.05, 4.69) is 16.8 Å². The van der Waals surface area contributed by atoms with E-state index in [-0.39, 0.29) is 5.91 Å². The first-order chi connectivity index (χ1) is 11.1. The summed E-state index contributed by atoms with van der Waals surface area (Å²) in [6.45, 7) is 6.38. The van der Waals surface area contributed by atoms with E-state index in [0.717, 1.165) is 44.8 Å². The molecule has 6 heteroatoms. The van der Waals surface area contributed by atoms with E-state index in [1.807, 2.05) is 22.5 Å². The van der Waals surface area contributed by atoms with Gasteiger partial charge in [-0.3, -0.25) is 9.69 Å². The Morgan fingerprint density at radius 2 is 2.09 bits per heavy atom. The maximum atomic E-state index is 12.7. The predicted molar refractivity (Wildman–Crippen MR) is 94.1 cm³/mol. The van der Waals surface area contributed by atoms with Crippen LogP contribution in [-0.4, -0.2) is 46.9 Å². The molecule has 1 aromatic heterocycles. The molecule has 0 saturated carbocycles. The third-order valence-electron chi connectivity index (χ3n) is 4.19. The van der Waals surface area contributed by atoms with E-state index in [1.165, 1.54) is 4.88 Å². The highest BCUT2D eigenvalue weighted by Gasteiger charge is 2.22. The summed E-state index contributed by atoms with van der Waals surface area (Å²) in [5.41, 5.74) is 3.61. The van der Waals surface area contributed by atoms with Crippen molar-refractivity contribution in [1.29, 1.82) is 0 Å². The predicted octanol–water partition coefficient (Wildman–Crippen LogP) is 3.45. The minimum atomic E-state index is 0.0337. The molecule has 2 aromatic rings. The van der Waals surface area contributed by atoms with E-state index in [9.17, 15) is 4.79 Å². The fraction of sp³-hybridized carbons (Fsp3) is 0.412. The van der Waals surface area contributed by atoms with Gasteiger partial charge < -0.3 is 4.90 Å². The first-order valence-electron chi connectivity index (χ1n) is 7.80. The summed E-state index contributed by atoms with van der Waals surface area (Å²) in [5, 5.41) is 0.527. The number of amides is 1. The third-order valence-corrected chi connectivity index (χ3v) is 5.44. The van der Waals surface area contributed by atoms with Crippen LogP contribution in [-0.2, 0) is 6.54 Å². The highest BCUT2D eigenvalue weighted by Crippen LogP contribution is 2.19. The van der Waals surface area contributed by atoms with Crippen molar-refractivity contribution in [2.75, 3.05) is 26.2 Å². The molecule has 2 heterocycles. The van der Waals surface area contributed by atoms with Crippen LogP contribution in [0.2, 0.25) is 5.02 Å². The molecule has 1 aliphatic rings. The summed E-state index contributed by atoms with van der Waals surface area (Å²) in [7, 11) is 0. The molecule has 0 N–H and O–H groups in total. The second-order valence-corrected chi connectivity index (χ2v) is 7.11.